The van der Waals surface area contributed by atoms with Crippen molar-refractivity contribution in [1.82, 2.24) is 26.2 Å². The number of fused-ring (bicyclic) bond motifs is 4. The van der Waals surface area contributed by atoms with Gasteiger partial charge in [-0.25, -0.2) is 14.4 Å². The zero-order valence-corrected chi connectivity index (χ0v) is 31.8. The van der Waals surface area contributed by atoms with E-state index in [0.717, 1.165) is 28.7 Å². The summed E-state index contributed by atoms with van der Waals surface area (Å²) in [5.74, 6) is -1.46. The number of esters is 1. The second kappa shape index (κ2) is 18.1. The van der Waals surface area contributed by atoms with Gasteiger partial charge in [-0.15, -0.1) is 6.58 Å². The van der Waals surface area contributed by atoms with Crippen molar-refractivity contribution < 1.29 is 43.0 Å². The molecule has 1 aliphatic heterocycles. The summed E-state index contributed by atoms with van der Waals surface area (Å²) in [6.45, 7) is 9.32. The molecule has 5 atom stereocenters. The van der Waals surface area contributed by atoms with Gasteiger partial charge in [0.2, 0.25) is 17.7 Å². The fourth-order valence-electron chi connectivity index (χ4n) is 7.71. The first-order valence-electron chi connectivity index (χ1n) is 18.5. The number of carbonyl (C=O) groups is 6. The van der Waals surface area contributed by atoms with Crippen molar-refractivity contribution >= 4 is 35.9 Å². The Morgan fingerprint density at radius 2 is 1.42 bits per heavy atom. The van der Waals surface area contributed by atoms with Gasteiger partial charge >= 0.3 is 18.2 Å². The summed E-state index contributed by atoms with van der Waals surface area (Å²) in [6.07, 6.45) is 5.36. The number of hydrogen-bond acceptors (Lipinski definition) is 9. The molecule has 0 radical (unpaired) electrons. The summed E-state index contributed by atoms with van der Waals surface area (Å²) in [5, 5.41) is 9.99. The topological polar surface area (TPSA) is 181 Å². The van der Waals surface area contributed by atoms with Crippen LogP contribution >= 0.6 is 0 Å². The zero-order chi connectivity index (χ0) is 39.7. The lowest BCUT2D eigenvalue weighted by molar-refractivity contribution is -0.143. The number of allylic oxidation sites excluding steroid dienone is 2. The normalized spacial score (nSPS) is 20.4. The van der Waals surface area contributed by atoms with E-state index < -0.39 is 41.6 Å². The van der Waals surface area contributed by atoms with E-state index in [-0.39, 0.29) is 68.2 Å². The second-order valence-electron chi connectivity index (χ2n) is 15.0. The highest BCUT2D eigenvalue weighted by Crippen LogP contribution is 2.47. The molecule has 1 unspecified atom stereocenters. The van der Waals surface area contributed by atoms with Gasteiger partial charge in [-0.3, -0.25) is 14.4 Å². The van der Waals surface area contributed by atoms with Gasteiger partial charge in [0.1, 0.15) is 24.8 Å². The van der Waals surface area contributed by atoms with Crippen LogP contribution in [0.15, 0.2) is 73.3 Å². The molecule has 55 heavy (non-hydrogen) atoms. The predicted octanol–water partition coefficient (Wildman–Crippen LogP) is 3.67. The average molecular weight is 758 g/mol. The molecule has 5 amide bonds. The summed E-state index contributed by atoms with van der Waals surface area (Å²) in [5.41, 5.74) is 3.63. The van der Waals surface area contributed by atoms with Crippen molar-refractivity contribution in [3.63, 3.8) is 0 Å². The minimum absolute atomic E-state index is 0.106. The maximum absolute atomic E-state index is 13.1. The standard InChI is InChI=1S/C41H51N5O9/c1-6-25-18-26(12-11-17-34(38(50)53-5)45-40(52)55-41(2,3)4)32-23-46(22-31(25)32)37(49)21-43-35(47)19-42-36(48)20-44-39(51)54-24-33-29-15-9-7-13-27(29)28-14-8-10-16-30(28)33/h6-16,25-26,31-34H,1,17-24H2,2-5H3,(H,42,48)(H,43,47)(H,44,51)(H,45,52)/b12-11+/t25-,26+,31-,32+,34?/m1/s1. The number of alkyl carbamates (subject to hydrolysis) is 2. The van der Waals surface area contributed by atoms with Crippen molar-refractivity contribution in [2.75, 3.05) is 46.4 Å². The number of methoxy groups -OCH3 is 1. The van der Waals surface area contributed by atoms with E-state index in [1.807, 2.05) is 66.8 Å². The van der Waals surface area contributed by atoms with Crippen LogP contribution in [0, 0.1) is 23.7 Å². The highest BCUT2D eigenvalue weighted by atomic mass is 16.6. The lowest BCUT2D eigenvalue weighted by atomic mass is 9.90. The highest BCUT2D eigenvalue weighted by molar-refractivity contribution is 5.89. The fraction of sp³-hybridized carbons (Fsp3) is 0.463. The molecule has 14 heteroatoms. The molecular formula is C41H51N5O9. The number of rotatable bonds is 14. The molecule has 0 aromatic heterocycles. The van der Waals surface area contributed by atoms with Gasteiger partial charge in [-0.2, -0.15) is 0 Å². The third kappa shape index (κ3) is 10.5. The molecule has 3 aliphatic rings. The average Bonchev–Trinajstić information content (AvgIpc) is 3.84. The van der Waals surface area contributed by atoms with Crippen molar-refractivity contribution in [2.45, 2.75) is 51.2 Å². The van der Waals surface area contributed by atoms with Crippen molar-refractivity contribution in [3.05, 3.63) is 84.5 Å². The van der Waals surface area contributed by atoms with E-state index in [2.05, 4.69) is 27.8 Å². The lowest BCUT2D eigenvalue weighted by Gasteiger charge is -2.22. The molecule has 2 aromatic rings. The molecule has 294 valence electrons. The van der Waals surface area contributed by atoms with Crippen LogP contribution in [0.2, 0.25) is 0 Å². The van der Waals surface area contributed by atoms with Gasteiger partial charge in [0.05, 0.1) is 20.2 Å². The Balaban J connectivity index is 1.01. The summed E-state index contributed by atoms with van der Waals surface area (Å²) in [4.78, 5) is 76.7. The van der Waals surface area contributed by atoms with E-state index in [1.54, 1.807) is 25.7 Å². The van der Waals surface area contributed by atoms with Crippen LogP contribution in [0.3, 0.4) is 0 Å². The van der Waals surface area contributed by atoms with Gasteiger partial charge in [0, 0.05) is 19.0 Å². The van der Waals surface area contributed by atoms with E-state index >= 15 is 0 Å². The molecule has 0 spiro atoms. The van der Waals surface area contributed by atoms with Gasteiger partial charge in [-0.1, -0.05) is 66.8 Å². The molecule has 2 aliphatic carbocycles. The maximum atomic E-state index is 13.1. The first-order chi connectivity index (χ1) is 26.3. The minimum atomic E-state index is -0.920. The molecular weight excluding hydrogens is 706 g/mol. The summed E-state index contributed by atoms with van der Waals surface area (Å²) >= 11 is 0. The molecule has 0 bridgehead atoms. The minimum Gasteiger partial charge on any atom is -0.467 e. The summed E-state index contributed by atoms with van der Waals surface area (Å²) < 4.78 is 15.6. The number of hydrogen-bond donors (Lipinski definition) is 4. The number of likely N-dealkylation sites (tertiary alicyclic amines) is 1. The monoisotopic (exact) mass is 757 g/mol. The summed E-state index contributed by atoms with van der Waals surface area (Å²) in [7, 11) is 1.25. The predicted molar refractivity (Wildman–Crippen MR) is 203 cm³/mol. The van der Waals surface area contributed by atoms with Crippen LogP contribution in [0.25, 0.3) is 11.1 Å². The lowest BCUT2D eigenvalue weighted by Crippen LogP contribution is -2.45. The van der Waals surface area contributed by atoms with Crippen molar-refractivity contribution in [2.24, 2.45) is 23.7 Å². The van der Waals surface area contributed by atoms with E-state index in [1.165, 1.54) is 7.11 Å². The molecule has 2 aromatic carbocycles. The molecule has 1 saturated heterocycles. The second-order valence-corrected chi connectivity index (χ2v) is 15.0. The van der Waals surface area contributed by atoms with E-state index in [9.17, 15) is 28.8 Å². The molecule has 1 heterocycles. The van der Waals surface area contributed by atoms with Crippen molar-refractivity contribution in [1.29, 1.82) is 0 Å². The van der Waals surface area contributed by atoms with Crippen LogP contribution in [0.5, 0.6) is 0 Å². The zero-order valence-electron chi connectivity index (χ0n) is 31.8. The van der Waals surface area contributed by atoms with Crippen LogP contribution in [0.4, 0.5) is 9.59 Å². The van der Waals surface area contributed by atoms with Crippen molar-refractivity contribution in [3.8, 4) is 11.1 Å². The van der Waals surface area contributed by atoms with E-state index in [0.29, 0.717) is 13.1 Å². The number of nitrogens with zero attached hydrogens (tertiary/aromatic N) is 1. The first kappa shape index (κ1) is 40.5. The summed E-state index contributed by atoms with van der Waals surface area (Å²) in [6, 6.07) is 15.0. The Labute approximate surface area is 321 Å². The Hall–Kier alpha value is -5.66. The number of ether oxygens (including phenoxy) is 3. The number of nitrogens with one attached hydrogen (secondary N) is 4. The third-order valence-corrected chi connectivity index (χ3v) is 10.3. The van der Waals surface area contributed by atoms with Crippen LogP contribution < -0.4 is 21.3 Å². The smallest absolute Gasteiger partial charge is 0.408 e. The molecule has 4 N–H and O–H groups in total. The fourth-order valence-corrected chi connectivity index (χ4v) is 7.71. The van der Waals surface area contributed by atoms with Gasteiger partial charge < -0.3 is 40.4 Å². The number of carbonyl (C=O) groups excluding carboxylic acids is 6. The quantitative estimate of drug-likeness (QED) is 0.127. The Morgan fingerprint density at radius 3 is 2.02 bits per heavy atom. The molecule has 2 fully saturated rings. The molecule has 14 nitrogen and oxygen atoms in total. The van der Waals surface area contributed by atoms with E-state index in [4.69, 9.17) is 14.2 Å². The van der Waals surface area contributed by atoms with Crippen LogP contribution in [-0.4, -0.2) is 98.9 Å². The van der Waals surface area contributed by atoms with Gasteiger partial charge in [0.25, 0.3) is 0 Å². The molecule has 5 rings (SSSR count). The number of amides is 5. The highest BCUT2D eigenvalue weighted by Gasteiger charge is 2.47. The SMILES string of the molecule is C=C[C@@H]1C[C@H](/C=C/CC(NC(=O)OC(C)(C)C)C(=O)OC)[C@@H]2CN(C(=O)CNC(=O)CNC(=O)CNC(=O)OCC3c4ccccc4-c4ccccc43)C[C@@H]21. The third-order valence-electron chi connectivity index (χ3n) is 10.3. The Bertz CT molecular complexity index is 1760. The largest absolute Gasteiger partial charge is 0.467 e. The first-order valence-corrected chi connectivity index (χ1v) is 18.5. The molecule has 1 saturated carbocycles. The number of benzene rings is 2. The van der Waals surface area contributed by atoms with Gasteiger partial charge in [0.15, 0.2) is 0 Å². The maximum Gasteiger partial charge on any atom is 0.408 e. The van der Waals surface area contributed by atoms with Crippen LogP contribution in [-0.2, 0) is 33.4 Å². The van der Waals surface area contributed by atoms with Gasteiger partial charge in [-0.05, 0) is 79.5 Å². The Morgan fingerprint density at radius 1 is 0.836 bits per heavy atom. The Kier molecular flexibility index (Phi) is 13.3. The van der Waals surface area contributed by atoms with Crippen LogP contribution in [0.1, 0.15) is 50.7 Å².